The van der Waals surface area contributed by atoms with Crippen molar-refractivity contribution in [2.45, 2.75) is 110 Å². The third-order valence-electron chi connectivity index (χ3n) is 7.68. The van der Waals surface area contributed by atoms with Crippen LogP contribution in [0.2, 0.25) is 0 Å². The average Bonchev–Trinajstić information content (AvgIpc) is 2.86. The highest BCUT2D eigenvalue weighted by molar-refractivity contribution is 5.64. The molecule has 0 aromatic heterocycles. The predicted octanol–water partition coefficient (Wildman–Crippen LogP) is 9.61. The minimum Gasteiger partial charge on any atom is -0.198 e. The first-order valence-electron chi connectivity index (χ1n) is 13.3. The van der Waals surface area contributed by atoms with Crippen LogP contribution in [-0.4, -0.2) is 0 Å². The largest absolute Gasteiger partial charge is 0.198 e. The molecule has 0 radical (unpaired) electrons. The van der Waals surface area contributed by atoms with Gasteiger partial charge < -0.3 is 0 Å². The highest BCUT2D eigenvalue weighted by Gasteiger charge is 2.35. The zero-order valence-corrected chi connectivity index (χ0v) is 20.5. The molecule has 0 unspecified atom stereocenters. The van der Waals surface area contributed by atoms with Crippen LogP contribution in [0.4, 0.5) is 0 Å². The van der Waals surface area contributed by atoms with Crippen LogP contribution < -0.4 is 0 Å². The summed E-state index contributed by atoms with van der Waals surface area (Å²) < 4.78 is 0. The Hall–Kier alpha value is -2.07. The summed E-state index contributed by atoms with van der Waals surface area (Å²) in [6.45, 7) is 4.50. The third kappa shape index (κ3) is 6.96. The standard InChI is InChI=1S/C31H43N/c1-3-5-7-8-9-10-11-26-12-14-27(15-13-26)28-16-18-29(19-17-28)30-20-23-31(25-32,24-21-30)22-6-4-2/h12-19,30H,3-11,20-24H2,1-2H3/t30-,31-. The number of rotatable bonds is 12. The Morgan fingerprint density at radius 3 is 1.91 bits per heavy atom. The van der Waals surface area contributed by atoms with Gasteiger partial charge in [-0.2, -0.15) is 5.26 Å². The minimum atomic E-state index is -0.0519. The van der Waals surface area contributed by atoms with Gasteiger partial charge >= 0.3 is 0 Å². The molecule has 0 amide bonds. The fourth-order valence-corrected chi connectivity index (χ4v) is 5.36. The summed E-state index contributed by atoms with van der Waals surface area (Å²) >= 11 is 0. The summed E-state index contributed by atoms with van der Waals surface area (Å²) in [5.41, 5.74) is 5.49. The molecule has 1 aliphatic carbocycles. The summed E-state index contributed by atoms with van der Waals surface area (Å²) in [7, 11) is 0. The monoisotopic (exact) mass is 429 g/mol. The molecule has 1 heteroatoms. The van der Waals surface area contributed by atoms with E-state index < -0.39 is 0 Å². The van der Waals surface area contributed by atoms with Crippen molar-refractivity contribution in [2.75, 3.05) is 0 Å². The number of hydrogen-bond donors (Lipinski definition) is 0. The molecular weight excluding hydrogens is 386 g/mol. The van der Waals surface area contributed by atoms with E-state index in [1.54, 1.807) is 0 Å². The van der Waals surface area contributed by atoms with E-state index in [0.29, 0.717) is 5.92 Å². The lowest BCUT2D eigenvalue weighted by atomic mass is 9.67. The Morgan fingerprint density at radius 2 is 1.31 bits per heavy atom. The molecule has 3 rings (SSSR count). The number of nitriles is 1. The first-order valence-corrected chi connectivity index (χ1v) is 13.3. The van der Waals surface area contributed by atoms with Crippen LogP contribution in [0.25, 0.3) is 11.1 Å². The normalized spacial score (nSPS) is 20.7. The van der Waals surface area contributed by atoms with E-state index in [4.69, 9.17) is 0 Å². The maximum Gasteiger partial charge on any atom is 0.0689 e. The van der Waals surface area contributed by atoms with E-state index >= 15 is 0 Å². The van der Waals surface area contributed by atoms with Crippen LogP contribution in [-0.2, 0) is 6.42 Å². The Balaban J connectivity index is 1.50. The van der Waals surface area contributed by atoms with Gasteiger partial charge in [0.05, 0.1) is 11.5 Å². The molecule has 0 atom stereocenters. The van der Waals surface area contributed by atoms with E-state index in [1.807, 2.05) is 0 Å². The van der Waals surface area contributed by atoms with Crippen LogP contribution in [0.5, 0.6) is 0 Å². The summed E-state index contributed by atoms with van der Waals surface area (Å²) in [4.78, 5) is 0. The van der Waals surface area contributed by atoms with Crippen molar-refractivity contribution in [3.63, 3.8) is 0 Å². The smallest absolute Gasteiger partial charge is 0.0689 e. The second-order valence-corrected chi connectivity index (χ2v) is 10.1. The van der Waals surface area contributed by atoms with Crippen molar-refractivity contribution in [3.05, 3.63) is 59.7 Å². The van der Waals surface area contributed by atoms with E-state index in [-0.39, 0.29) is 5.41 Å². The predicted molar refractivity (Wildman–Crippen MR) is 138 cm³/mol. The lowest BCUT2D eigenvalue weighted by Crippen LogP contribution is -2.25. The van der Waals surface area contributed by atoms with Gasteiger partial charge in [-0.05, 0) is 73.1 Å². The number of hydrogen-bond acceptors (Lipinski definition) is 1. The van der Waals surface area contributed by atoms with Crippen molar-refractivity contribution in [1.82, 2.24) is 0 Å². The molecule has 0 heterocycles. The Morgan fingerprint density at radius 1 is 0.750 bits per heavy atom. The van der Waals surface area contributed by atoms with Gasteiger partial charge in [0.1, 0.15) is 0 Å². The van der Waals surface area contributed by atoms with Crippen LogP contribution in [0.1, 0.15) is 114 Å². The van der Waals surface area contributed by atoms with Crippen molar-refractivity contribution in [2.24, 2.45) is 5.41 Å². The molecule has 2 aromatic carbocycles. The van der Waals surface area contributed by atoms with Crippen molar-refractivity contribution in [3.8, 4) is 17.2 Å². The van der Waals surface area contributed by atoms with Crippen LogP contribution in [0.15, 0.2) is 48.5 Å². The summed E-state index contributed by atoms with van der Waals surface area (Å²) in [5, 5.41) is 9.75. The summed E-state index contributed by atoms with van der Waals surface area (Å²) in [5.74, 6) is 0.617. The molecule has 1 fully saturated rings. The van der Waals surface area contributed by atoms with Gasteiger partial charge in [0.15, 0.2) is 0 Å². The number of aryl methyl sites for hydroxylation is 1. The van der Waals surface area contributed by atoms with Gasteiger partial charge in [0.2, 0.25) is 0 Å². The van der Waals surface area contributed by atoms with Crippen LogP contribution in [0, 0.1) is 16.7 Å². The van der Waals surface area contributed by atoms with E-state index in [2.05, 4.69) is 68.4 Å². The van der Waals surface area contributed by atoms with Crippen LogP contribution in [0.3, 0.4) is 0 Å². The SMILES string of the molecule is CCCCCCCCc1ccc(-c2ccc([C@H]3CC[C@@](C#N)(CCCC)CC3)cc2)cc1. The Labute approximate surface area is 197 Å². The average molecular weight is 430 g/mol. The van der Waals surface area contributed by atoms with Crippen molar-refractivity contribution >= 4 is 0 Å². The second-order valence-electron chi connectivity index (χ2n) is 10.1. The number of nitrogens with zero attached hydrogens (tertiary/aromatic N) is 1. The van der Waals surface area contributed by atoms with E-state index in [1.165, 1.54) is 80.0 Å². The zero-order chi connectivity index (χ0) is 22.7. The molecule has 32 heavy (non-hydrogen) atoms. The Bertz CT molecular complexity index is 816. The summed E-state index contributed by atoms with van der Waals surface area (Å²) in [6, 6.07) is 21.1. The van der Waals surface area contributed by atoms with Gasteiger partial charge in [-0.15, -0.1) is 0 Å². The van der Waals surface area contributed by atoms with E-state index in [0.717, 1.165) is 32.1 Å². The summed E-state index contributed by atoms with van der Waals surface area (Å²) in [6.07, 6.45) is 17.3. The first kappa shape index (κ1) is 24.6. The molecule has 0 spiro atoms. The third-order valence-corrected chi connectivity index (χ3v) is 7.68. The van der Waals surface area contributed by atoms with Gasteiger partial charge in [-0.1, -0.05) is 107 Å². The number of benzene rings is 2. The minimum absolute atomic E-state index is 0.0519. The molecule has 1 aliphatic rings. The Kier molecular flexibility index (Phi) is 9.86. The first-order chi connectivity index (χ1) is 15.7. The molecule has 2 aromatic rings. The van der Waals surface area contributed by atoms with Crippen molar-refractivity contribution in [1.29, 1.82) is 5.26 Å². The molecule has 0 N–H and O–H groups in total. The molecule has 1 nitrogen and oxygen atoms in total. The highest BCUT2D eigenvalue weighted by Crippen LogP contribution is 2.45. The molecule has 0 saturated heterocycles. The zero-order valence-electron chi connectivity index (χ0n) is 20.5. The molecule has 0 aliphatic heterocycles. The number of unbranched alkanes of at least 4 members (excludes halogenated alkanes) is 6. The molecular formula is C31H43N. The van der Waals surface area contributed by atoms with Crippen molar-refractivity contribution < 1.29 is 0 Å². The van der Waals surface area contributed by atoms with Gasteiger partial charge in [-0.25, -0.2) is 0 Å². The second kappa shape index (κ2) is 12.8. The van der Waals surface area contributed by atoms with E-state index in [9.17, 15) is 5.26 Å². The topological polar surface area (TPSA) is 23.8 Å². The molecule has 1 saturated carbocycles. The molecule has 0 bridgehead atoms. The van der Waals surface area contributed by atoms with Crippen LogP contribution >= 0.6 is 0 Å². The fourth-order valence-electron chi connectivity index (χ4n) is 5.36. The maximum absolute atomic E-state index is 9.75. The highest BCUT2D eigenvalue weighted by atomic mass is 14.4. The maximum atomic E-state index is 9.75. The van der Waals surface area contributed by atoms with Gasteiger partial charge in [0.25, 0.3) is 0 Å². The quantitative estimate of drug-likeness (QED) is 0.308. The van der Waals surface area contributed by atoms with Gasteiger partial charge in [0, 0.05) is 0 Å². The fraction of sp³-hybridized carbons (Fsp3) is 0.581. The lowest BCUT2D eigenvalue weighted by Gasteiger charge is -2.35. The lowest BCUT2D eigenvalue weighted by molar-refractivity contribution is 0.224. The molecule has 172 valence electrons. The van der Waals surface area contributed by atoms with Gasteiger partial charge in [-0.3, -0.25) is 0 Å².